The van der Waals surface area contributed by atoms with E-state index in [1.807, 2.05) is 19.1 Å². The second-order valence-electron chi connectivity index (χ2n) is 4.79. The van der Waals surface area contributed by atoms with Gasteiger partial charge in [0.25, 0.3) is 0 Å². The Labute approximate surface area is 123 Å². The maximum absolute atomic E-state index is 12.0. The molecule has 0 bridgehead atoms. The molecule has 0 aliphatic carbocycles. The molecule has 0 radical (unpaired) electrons. The van der Waals surface area contributed by atoms with Crippen LogP contribution < -0.4 is 10.6 Å². The standard InChI is InChI=1S/C14H18ClN3O2/c1-10(11-3-2-4-12(15)9-11)17-13(19)14(20)18-7-5-16-6-8-18/h2-4,9-10,16H,5-8H2,1H3,(H,17,19). The average Bonchev–Trinajstić information content (AvgIpc) is 2.47. The molecule has 1 saturated heterocycles. The Hall–Kier alpha value is -1.59. The van der Waals surface area contributed by atoms with Crippen LogP contribution >= 0.6 is 11.6 Å². The zero-order valence-corrected chi connectivity index (χ0v) is 12.1. The van der Waals surface area contributed by atoms with Crippen LogP contribution in [-0.2, 0) is 9.59 Å². The summed E-state index contributed by atoms with van der Waals surface area (Å²) in [6, 6.07) is 6.98. The summed E-state index contributed by atoms with van der Waals surface area (Å²) in [5.41, 5.74) is 0.874. The first kappa shape index (κ1) is 14.8. The predicted octanol–water partition coefficient (Wildman–Crippen LogP) is 0.949. The zero-order valence-electron chi connectivity index (χ0n) is 11.4. The van der Waals surface area contributed by atoms with Crippen molar-refractivity contribution in [2.45, 2.75) is 13.0 Å². The number of hydrogen-bond acceptors (Lipinski definition) is 3. The van der Waals surface area contributed by atoms with E-state index in [1.165, 1.54) is 0 Å². The quantitative estimate of drug-likeness (QED) is 0.799. The van der Waals surface area contributed by atoms with Gasteiger partial charge in [0, 0.05) is 31.2 Å². The van der Waals surface area contributed by atoms with Gasteiger partial charge in [-0.1, -0.05) is 23.7 Å². The number of carbonyl (C=O) groups is 2. The molecule has 0 aromatic heterocycles. The molecular weight excluding hydrogens is 278 g/mol. The van der Waals surface area contributed by atoms with Gasteiger partial charge < -0.3 is 15.5 Å². The van der Waals surface area contributed by atoms with Crippen molar-refractivity contribution in [2.75, 3.05) is 26.2 Å². The SMILES string of the molecule is CC(NC(=O)C(=O)N1CCNCC1)c1cccc(Cl)c1. The molecule has 1 fully saturated rings. The summed E-state index contributed by atoms with van der Waals surface area (Å²) in [4.78, 5) is 25.5. The van der Waals surface area contributed by atoms with Crippen molar-refractivity contribution in [1.29, 1.82) is 0 Å². The lowest BCUT2D eigenvalue weighted by molar-refractivity contribution is -0.146. The Morgan fingerprint density at radius 1 is 1.35 bits per heavy atom. The normalized spacial score (nSPS) is 16.6. The molecule has 1 aliphatic heterocycles. The fraction of sp³-hybridized carbons (Fsp3) is 0.429. The molecule has 1 aromatic carbocycles. The van der Waals surface area contributed by atoms with Gasteiger partial charge in [-0.15, -0.1) is 0 Å². The minimum Gasteiger partial charge on any atom is -0.341 e. The van der Waals surface area contributed by atoms with E-state index in [1.54, 1.807) is 17.0 Å². The number of nitrogens with zero attached hydrogens (tertiary/aromatic N) is 1. The third-order valence-electron chi connectivity index (χ3n) is 3.29. The van der Waals surface area contributed by atoms with Gasteiger partial charge in [-0.25, -0.2) is 0 Å². The first-order valence-electron chi connectivity index (χ1n) is 6.64. The summed E-state index contributed by atoms with van der Waals surface area (Å²) in [6.45, 7) is 4.41. The molecule has 2 rings (SSSR count). The van der Waals surface area contributed by atoms with Gasteiger partial charge in [-0.05, 0) is 24.6 Å². The smallest absolute Gasteiger partial charge is 0.311 e. The van der Waals surface area contributed by atoms with E-state index in [4.69, 9.17) is 11.6 Å². The van der Waals surface area contributed by atoms with Gasteiger partial charge >= 0.3 is 11.8 Å². The third-order valence-corrected chi connectivity index (χ3v) is 3.53. The summed E-state index contributed by atoms with van der Waals surface area (Å²) in [7, 11) is 0. The number of amides is 2. The highest BCUT2D eigenvalue weighted by atomic mass is 35.5. The van der Waals surface area contributed by atoms with Gasteiger partial charge in [0.15, 0.2) is 0 Å². The molecule has 20 heavy (non-hydrogen) atoms. The minimum atomic E-state index is -0.570. The van der Waals surface area contributed by atoms with Gasteiger partial charge in [-0.2, -0.15) is 0 Å². The number of piperazine rings is 1. The highest BCUT2D eigenvalue weighted by Gasteiger charge is 2.24. The van der Waals surface area contributed by atoms with Crippen LogP contribution in [0.2, 0.25) is 5.02 Å². The largest absolute Gasteiger partial charge is 0.341 e. The van der Waals surface area contributed by atoms with Crippen molar-refractivity contribution in [3.63, 3.8) is 0 Å². The van der Waals surface area contributed by atoms with E-state index in [-0.39, 0.29) is 6.04 Å². The number of benzene rings is 1. The molecule has 5 nitrogen and oxygen atoms in total. The van der Waals surface area contributed by atoms with Crippen LogP contribution in [0.3, 0.4) is 0 Å². The van der Waals surface area contributed by atoms with Gasteiger partial charge in [-0.3, -0.25) is 9.59 Å². The molecule has 0 spiro atoms. The molecule has 1 aromatic rings. The van der Waals surface area contributed by atoms with Crippen LogP contribution in [0.1, 0.15) is 18.5 Å². The summed E-state index contributed by atoms with van der Waals surface area (Å²) in [5.74, 6) is -1.04. The highest BCUT2D eigenvalue weighted by molar-refractivity contribution is 6.35. The Balaban J connectivity index is 1.94. The third kappa shape index (κ3) is 3.71. The number of carbonyl (C=O) groups excluding carboxylic acids is 2. The fourth-order valence-corrected chi connectivity index (χ4v) is 2.33. The van der Waals surface area contributed by atoms with Gasteiger partial charge in [0.2, 0.25) is 0 Å². The lowest BCUT2D eigenvalue weighted by atomic mass is 10.1. The van der Waals surface area contributed by atoms with Crippen LogP contribution in [0.25, 0.3) is 0 Å². The Morgan fingerprint density at radius 3 is 2.70 bits per heavy atom. The Morgan fingerprint density at radius 2 is 2.05 bits per heavy atom. The van der Waals surface area contributed by atoms with Crippen molar-refractivity contribution < 1.29 is 9.59 Å². The summed E-state index contributed by atoms with van der Waals surface area (Å²) in [5, 5.41) is 6.46. The first-order valence-corrected chi connectivity index (χ1v) is 7.01. The molecule has 0 saturated carbocycles. The van der Waals surface area contributed by atoms with Crippen LogP contribution in [0.5, 0.6) is 0 Å². The minimum absolute atomic E-state index is 0.256. The lowest BCUT2D eigenvalue weighted by Gasteiger charge is -2.27. The van der Waals surface area contributed by atoms with Gasteiger partial charge in [0.1, 0.15) is 0 Å². The summed E-state index contributed by atoms with van der Waals surface area (Å²) >= 11 is 5.91. The number of nitrogens with one attached hydrogen (secondary N) is 2. The van der Waals surface area contributed by atoms with Crippen LogP contribution in [0.15, 0.2) is 24.3 Å². The number of hydrogen-bond donors (Lipinski definition) is 2. The average molecular weight is 296 g/mol. The second-order valence-corrected chi connectivity index (χ2v) is 5.23. The number of rotatable bonds is 2. The van der Waals surface area contributed by atoms with E-state index >= 15 is 0 Å². The van der Waals surface area contributed by atoms with Crippen LogP contribution in [-0.4, -0.2) is 42.9 Å². The van der Waals surface area contributed by atoms with Crippen LogP contribution in [0.4, 0.5) is 0 Å². The van der Waals surface area contributed by atoms with Crippen molar-refractivity contribution in [2.24, 2.45) is 0 Å². The molecule has 6 heteroatoms. The molecule has 1 unspecified atom stereocenters. The maximum Gasteiger partial charge on any atom is 0.311 e. The van der Waals surface area contributed by atoms with E-state index in [0.717, 1.165) is 18.7 Å². The Kier molecular flexibility index (Phi) is 4.98. The summed E-state index contributed by atoms with van der Waals surface area (Å²) < 4.78 is 0. The lowest BCUT2D eigenvalue weighted by Crippen LogP contribution is -2.51. The summed E-state index contributed by atoms with van der Waals surface area (Å²) in [6.07, 6.45) is 0. The highest BCUT2D eigenvalue weighted by Crippen LogP contribution is 2.17. The fourth-order valence-electron chi connectivity index (χ4n) is 2.13. The monoisotopic (exact) mass is 295 g/mol. The molecule has 1 aliphatic rings. The molecule has 108 valence electrons. The molecule has 1 atom stereocenters. The topological polar surface area (TPSA) is 61.4 Å². The van der Waals surface area contributed by atoms with Gasteiger partial charge in [0.05, 0.1) is 6.04 Å². The van der Waals surface area contributed by atoms with E-state index in [2.05, 4.69) is 10.6 Å². The predicted molar refractivity (Wildman–Crippen MR) is 77.5 cm³/mol. The zero-order chi connectivity index (χ0) is 14.5. The molecule has 1 heterocycles. The second kappa shape index (κ2) is 6.72. The van der Waals surface area contributed by atoms with Crippen molar-refractivity contribution in [1.82, 2.24) is 15.5 Å². The van der Waals surface area contributed by atoms with Crippen LogP contribution in [0, 0.1) is 0 Å². The Bertz CT molecular complexity index is 501. The molecule has 2 N–H and O–H groups in total. The van der Waals surface area contributed by atoms with E-state index in [9.17, 15) is 9.59 Å². The van der Waals surface area contributed by atoms with Crippen molar-refractivity contribution in [3.8, 4) is 0 Å². The van der Waals surface area contributed by atoms with E-state index < -0.39 is 11.8 Å². The van der Waals surface area contributed by atoms with Crippen molar-refractivity contribution >= 4 is 23.4 Å². The van der Waals surface area contributed by atoms with Crippen molar-refractivity contribution in [3.05, 3.63) is 34.9 Å². The molecule has 2 amide bonds. The molecular formula is C14H18ClN3O2. The number of halogens is 1. The first-order chi connectivity index (χ1) is 9.58. The maximum atomic E-state index is 12.0. The van der Waals surface area contributed by atoms with E-state index in [0.29, 0.717) is 18.1 Å².